The van der Waals surface area contributed by atoms with Crippen molar-refractivity contribution in [3.05, 3.63) is 71.5 Å². The van der Waals surface area contributed by atoms with Gasteiger partial charge in [-0.05, 0) is 49.8 Å². The molecule has 2 atom stereocenters. The van der Waals surface area contributed by atoms with Gasteiger partial charge in [0.2, 0.25) is 5.91 Å². The van der Waals surface area contributed by atoms with Gasteiger partial charge in [0.15, 0.2) is 0 Å². The van der Waals surface area contributed by atoms with E-state index in [9.17, 15) is 14.0 Å². The largest absolute Gasteiger partial charge is 0.352 e. The highest BCUT2D eigenvalue weighted by Crippen LogP contribution is 2.18. The minimum absolute atomic E-state index is 0.0837. The van der Waals surface area contributed by atoms with Gasteiger partial charge in [0.25, 0.3) is 5.91 Å². The van der Waals surface area contributed by atoms with E-state index >= 15 is 0 Å². The first-order valence-corrected chi connectivity index (χ1v) is 9.35. The fourth-order valence-electron chi connectivity index (χ4n) is 2.97. The maximum absolute atomic E-state index is 13.6. The van der Waals surface area contributed by atoms with E-state index in [2.05, 4.69) is 10.6 Å². The molecule has 0 saturated carbocycles. The molecule has 6 heteroatoms. The molecule has 2 aromatic rings. The Hall–Kier alpha value is -2.73. The molecular formula is C22H28FN3O2. The Morgan fingerprint density at radius 2 is 1.71 bits per heavy atom. The zero-order valence-corrected chi connectivity index (χ0v) is 16.8. The molecule has 2 N–H and O–H groups in total. The summed E-state index contributed by atoms with van der Waals surface area (Å²) in [7, 11) is 3.75. The van der Waals surface area contributed by atoms with Crippen molar-refractivity contribution < 1.29 is 14.0 Å². The monoisotopic (exact) mass is 385 g/mol. The van der Waals surface area contributed by atoms with Crippen LogP contribution in [0, 0.1) is 11.7 Å². The zero-order chi connectivity index (χ0) is 20.7. The van der Waals surface area contributed by atoms with Gasteiger partial charge in [0.1, 0.15) is 11.9 Å². The van der Waals surface area contributed by atoms with Crippen molar-refractivity contribution in [2.24, 2.45) is 5.92 Å². The summed E-state index contributed by atoms with van der Waals surface area (Å²) < 4.78 is 13.6. The normalized spacial score (nSPS) is 13.2. The Morgan fingerprint density at radius 3 is 2.29 bits per heavy atom. The lowest BCUT2D eigenvalue weighted by atomic mass is 10.0. The third-order valence-corrected chi connectivity index (χ3v) is 4.60. The molecule has 0 aromatic heterocycles. The van der Waals surface area contributed by atoms with Crippen molar-refractivity contribution in [2.75, 3.05) is 20.6 Å². The van der Waals surface area contributed by atoms with Gasteiger partial charge >= 0.3 is 0 Å². The maximum atomic E-state index is 13.6. The summed E-state index contributed by atoms with van der Waals surface area (Å²) in [5.41, 5.74) is 1.28. The number of amides is 2. The summed E-state index contributed by atoms with van der Waals surface area (Å²) in [4.78, 5) is 27.1. The van der Waals surface area contributed by atoms with E-state index < -0.39 is 6.04 Å². The molecule has 0 heterocycles. The zero-order valence-electron chi connectivity index (χ0n) is 16.8. The van der Waals surface area contributed by atoms with Gasteiger partial charge in [-0.3, -0.25) is 9.59 Å². The second-order valence-electron chi connectivity index (χ2n) is 7.34. The smallest absolute Gasteiger partial charge is 0.251 e. The van der Waals surface area contributed by atoms with Crippen molar-refractivity contribution >= 4 is 11.8 Å². The van der Waals surface area contributed by atoms with E-state index in [1.807, 2.05) is 45.0 Å². The number of halogens is 1. The molecular weight excluding hydrogens is 357 g/mol. The van der Waals surface area contributed by atoms with Crippen LogP contribution in [0.5, 0.6) is 0 Å². The number of likely N-dealkylation sites (N-methyl/N-ethyl adjacent to an activating group) is 1. The average molecular weight is 385 g/mol. The van der Waals surface area contributed by atoms with E-state index in [-0.39, 0.29) is 29.6 Å². The van der Waals surface area contributed by atoms with Crippen LogP contribution in [0.25, 0.3) is 0 Å². The van der Waals surface area contributed by atoms with Gasteiger partial charge < -0.3 is 15.5 Å². The van der Waals surface area contributed by atoms with E-state index in [0.717, 1.165) is 5.56 Å². The first-order valence-electron chi connectivity index (χ1n) is 9.35. The summed E-state index contributed by atoms with van der Waals surface area (Å²) in [5, 5.41) is 5.71. The van der Waals surface area contributed by atoms with Gasteiger partial charge in [-0.1, -0.05) is 44.2 Å². The number of hydrogen-bond donors (Lipinski definition) is 2. The number of hydrogen-bond acceptors (Lipinski definition) is 3. The van der Waals surface area contributed by atoms with Crippen LogP contribution in [0.15, 0.2) is 54.6 Å². The van der Waals surface area contributed by atoms with Crippen LogP contribution >= 0.6 is 0 Å². The molecule has 2 unspecified atom stereocenters. The molecule has 5 nitrogen and oxygen atoms in total. The molecule has 0 saturated heterocycles. The van der Waals surface area contributed by atoms with Crippen molar-refractivity contribution in [1.29, 1.82) is 0 Å². The van der Waals surface area contributed by atoms with E-state index in [1.54, 1.807) is 30.3 Å². The fraction of sp³-hybridized carbons (Fsp3) is 0.364. The van der Waals surface area contributed by atoms with Gasteiger partial charge in [-0.2, -0.15) is 0 Å². The van der Waals surface area contributed by atoms with Gasteiger partial charge in [-0.25, -0.2) is 4.39 Å². The average Bonchev–Trinajstić information content (AvgIpc) is 2.66. The Kier molecular flexibility index (Phi) is 7.70. The molecule has 2 amide bonds. The number of rotatable bonds is 8. The maximum Gasteiger partial charge on any atom is 0.251 e. The van der Waals surface area contributed by atoms with Crippen molar-refractivity contribution in [3.63, 3.8) is 0 Å². The summed E-state index contributed by atoms with van der Waals surface area (Å²) >= 11 is 0. The van der Waals surface area contributed by atoms with Crippen LogP contribution in [-0.4, -0.2) is 43.4 Å². The standard InChI is InChI=1S/C22H28FN3O2/c1-15(2)20(25-21(27)16-9-6-5-7-10-16)22(28)24-14-19(26(3)4)17-11-8-12-18(23)13-17/h5-13,15,19-20H,14H2,1-4H3,(H,24,28)(H,25,27). The molecule has 0 aliphatic carbocycles. The topological polar surface area (TPSA) is 61.4 Å². The van der Waals surface area contributed by atoms with Crippen LogP contribution in [-0.2, 0) is 4.79 Å². The van der Waals surface area contributed by atoms with E-state index in [4.69, 9.17) is 0 Å². The Bertz CT molecular complexity index is 793. The number of nitrogens with zero attached hydrogens (tertiary/aromatic N) is 1. The Balaban J connectivity index is 2.05. The second-order valence-corrected chi connectivity index (χ2v) is 7.34. The van der Waals surface area contributed by atoms with Gasteiger partial charge in [0.05, 0.1) is 6.04 Å². The van der Waals surface area contributed by atoms with Gasteiger partial charge in [-0.15, -0.1) is 0 Å². The van der Waals surface area contributed by atoms with Gasteiger partial charge in [0, 0.05) is 12.1 Å². The summed E-state index contributed by atoms with van der Waals surface area (Å²) in [6, 6.07) is 14.3. The molecule has 0 radical (unpaired) electrons. The number of carbonyl (C=O) groups excluding carboxylic acids is 2. The lowest BCUT2D eigenvalue weighted by molar-refractivity contribution is -0.124. The van der Waals surface area contributed by atoms with Crippen molar-refractivity contribution in [1.82, 2.24) is 15.5 Å². The third kappa shape index (κ3) is 5.89. The highest BCUT2D eigenvalue weighted by Gasteiger charge is 2.26. The van der Waals surface area contributed by atoms with Crippen molar-refractivity contribution in [2.45, 2.75) is 25.9 Å². The minimum Gasteiger partial charge on any atom is -0.352 e. The first-order chi connectivity index (χ1) is 13.3. The highest BCUT2D eigenvalue weighted by molar-refractivity contribution is 5.97. The van der Waals surface area contributed by atoms with Crippen LogP contribution in [0.4, 0.5) is 4.39 Å². The summed E-state index contributed by atoms with van der Waals surface area (Å²) in [5.74, 6) is -0.947. The summed E-state index contributed by atoms with van der Waals surface area (Å²) in [6.07, 6.45) is 0. The SMILES string of the molecule is CC(C)C(NC(=O)c1ccccc1)C(=O)NCC(c1cccc(F)c1)N(C)C. The molecule has 0 aliphatic heterocycles. The highest BCUT2D eigenvalue weighted by atomic mass is 19.1. The van der Waals surface area contributed by atoms with Crippen LogP contribution in [0.1, 0.15) is 35.8 Å². The molecule has 28 heavy (non-hydrogen) atoms. The fourth-order valence-corrected chi connectivity index (χ4v) is 2.97. The Labute approximate surface area is 165 Å². The molecule has 2 rings (SSSR count). The second kappa shape index (κ2) is 9.99. The number of benzene rings is 2. The van der Waals surface area contributed by atoms with Crippen LogP contribution < -0.4 is 10.6 Å². The minimum atomic E-state index is -0.664. The molecule has 0 spiro atoms. The lowest BCUT2D eigenvalue weighted by Gasteiger charge is -2.27. The molecule has 2 aromatic carbocycles. The van der Waals surface area contributed by atoms with Crippen LogP contribution in [0.2, 0.25) is 0 Å². The summed E-state index contributed by atoms with van der Waals surface area (Å²) in [6.45, 7) is 4.07. The number of nitrogens with one attached hydrogen (secondary N) is 2. The predicted octanol–water partition coefficient (Wildman–Crippen LogP) is 3.00. The van der Waals surface area contributed by atoms with E-state index in [0.29, 0.717) is 12.1 Å². The lowest BCUT2D eigenvalue weighted by Crippen LogP contribution is -2.51. The molecule has 0 fully saturated rings. The van der Waals surface area contributed by atoms with Crippen molar-refractivity contribution in [3.8, 4) is 0 Å². The first kappa shape index (κ1) is 21.6. The molecule has 0 aliphatic rings. The molecule has 150 valence electrons. The Morgan fingerprint density at radius 1 is 1.04 bits per heavy atom. The van der Waals surface area contributed by atoms with Crippen LogP contribution in [0.3, 0.4) is 0 Å². The molecule has 0 bridgehead atoms. The quantitative estimate of drug-likeness (QED) is 0.734. The number of carbonyl (C=O) groups is 2. The third-order valence-electron chi connectivity index (χ3n) is 4.60. The predicted molar refractivity (Wildman–Crippen MR) is 108 cm³/mol. The van der Waals surface area contributed by atoms with E-state index in [1.165, 1.54) is 12.1 Å².